The van der Waals surface area contributed by atoms with Gasteiger partial charge in [-0.25, -0.2) is 0 Å². The van der Waals surface area contributed by atoms with Crippen molar-refractivity contribution in [1.82, 2.24) is 0 Å². The summed E-state index contributed by atoms with van der Waals surface area (Å²) in [5.41, 5.74) is 4.30. The lowest BCUT2D eigenvalue weighted by atomic mass is 9.72. The highest BCUT2D eigenvalue weighted by Crippen LogP contribution is 2.39. The van der Waals surface area contributed by atoms with Gasteiger partial charge in [0.05, 0.1) is 0 Å². The van der Waals surface area contributed by atoms with Crippen LogP contribution in [0.4, 0.5) is 0 Å². The average molecular weight is 337 g/mol. The predicted molar refractivity (Wildman–Crippen MR) is 111 cm³/mol. The molecule has 1 atom stereocenters. The summed E-state index contributed by atoms with van der Waals surface area (Å²) in [5, 5.41) is 0. The summed E-state index contributed by atoms with van der Waals surface area (Å²) in [4.78, 5) is 0. The molecule has 1 saturated carbocycles. The zero-order chi connectivity index (χ0) is 17.5. The lowest BCUT2D eigenvalue weighted by Crippen LogP contribution is -2.21. The molecule has 0 spiro atoms. The molecule has 0 aliphatic heterocycles. The van der Waals surface area contributed by atoms with Gasteiger partial charge in [0.1, 0.15) is 0 Å². The highest BCUT2D eigenvalue weighted by Gasteiger charge is 2.26. The van der Waals surface area contributed by atoms with Crippen LogP contribution in [0.5, 0.6) is 0 Å². The van der Waals surface area contributed by atoms with E-state index < -0.39 is 0 Å². The Labute approximate surface area is 155 Å². The van der Waals surface area contributed by atoms with Crippen LogP contribution < -0.4 is 0 Å². The minimum atomic E-state index is 0.787. The summed E-state index contributed by atoms with van der Waals surface area (Å²) in [6, 6.07) is 9.27. The first-order valence-electron chi connectivity index (χ1n) is 10.8. The van der Waals surface area contributed by atoms with Crippen molar-refractivity contribution >= 4 is 5.57 Å². The number of hydrogen-bond acceptors (Lipinski definition) is 0. The average Bonchev–Trinajstić information content (AvgIpc) is 2.68. The fourth-order valence-electron chi connectivity index (χ4n) is 4.76. The molecule has 0 nitrogen and oxygen atoms in total. The van der Waals surface area contributed by atoms with Gasteiger partial charge in [-0.1, -0.05) is 88.4 Å². The van der Waals surface area contributed by atoms with Crippen LogP contribution in [-0.4, -0.2) is 0 Å². The molecule has 1 fully saturated rings. The Bertz CT molecular complexity index is 567. The quantitative estimate of drug-likeness (QED) is 0.481. The van der Waals surface area contributed by atoms with Crippen LogP contribution in [0.1, 0.15) is 82.8 Å². The van der Waals surface area contributed by atoms with Crippen molar-refractivity contribution in [2.24, 2.45) is 17.8 Å². The molecule has 1 unspecified atom stereocenters. The van der Waals surface area contributed by atoms with E-state index >= 15 is 0 Å². The zero-order valence-corrected chi connectivity index (χ0v) is 16.3. The monoisotopic (exact) mass is 336 g/mol. The molecule has 1 aromatic carbocycles. The van der Waals surface area contributed by atoms with Gasteiger partial charge in [-0.2, -0.15) is 0 Å². The largest absolute Gasteiger partial charge is 0.0802 e. The molecule has 0 amide bonds. The number of hydrogen-bond donors (Lipinski definition) is 0. The minimum absolute atomic E-state index is 0.787. The molecular formula is C25H36. The van der Waals surface area contributed by atoms with Gasteiger partial charge in [0, 0.05) is 0 Å². The molecule has 136 valence electrons. The van der Waals surface area contributed by atoms with Gasteiger partial charge < -0.3 is 0 Å². The summed E-state index contributed by atoms with van der Waals surface area (Å²) in [6.07, 6.45) is 21.1. The molecule has 2 aliphatic carbocycles. The van der Waals surface area contributed by atoms with Gasteiger partial charge in [-0.3, -0.25) is 0 Å². The van der Waals surface area contributed by atoms with E-state index in [-0.39, 0.29) is 0 Å². The maximum absolute atomic E-state index is 2.52. The molecule has 3 rings (SSSR count). The molecule has 0 heteroatoms. The van der Waals surface area contributed by atoms with E-state index in [1.807, 2.05) is 0 Å². The highest BCUT2D eigenvalue weighted by molar-refractivity contribution is 5.75. The summed E-state index contributed by atoms with van der Waals surface area (Å²) < 4.78 is 0. The highest BCUT2D eigenvalue weighted by atomic mass is 14.3. The summed E-state index contributed by atoms with van der Waals surface area (Å²) in [7, 11) is 0. The van der Waals surface area contributed by atoms with Crippen molar-refractivity contribution in [3.63, 3.8) is 0 Å². The Kier molecular flexibility index (Phi) is 6.96. The molecule has 0 N–H and O–H groups in total. The smallest absolute Gasteiger partial charge is 0.0167 e. The van der Waals surface area contributed by atoms with Gasteiger partial charge >= 0.3 is 0 Å². The van der Waals surface area contributed by atoms with Crippen molar-refractivity contribution in [3.8, 4) is 0 Å². The molecule has 0 heterocycles. The van der Waals surface area contributed by atoms with Crippen LogP contribution in [0.2, 0.25) is 0 Å². The minimum Gasteiger partial charge on any atom is -0.0802 e. The molecule has 0 saturated heterocycles. The first-order chi connectivity index (χ1) is 12.3. The van der Waals surface area contributed by atoms with E-state index in [1.54, 1.807) is 0 Å². The third-order valence-corrected chi connectivity index (χ3v) is 6.43. The van der Waals surface area contributed by atoms with Crippen LogP contribution in [0.25, 0.3) is 5.57 Å². The molecular weight excluding hydrogens is 300 g/mol. The number of allylic oxidation sites excluding steroid dienone is 4. The number of unbranched alkanes of at least 4 members (excludes halogenated alkanes) is 1. The Morgan fingerprint density at radius 1 is 0.920 bits per heavy atom. The SMILES string of the molecule is CCCCc1ccc(C2=CCC([C@H]3CC[C@H](CCC)CC3)C=C2)cc1. The van der Waals surface area contributed by atoms with Gasteiger partial charge in [-0.05, 0) is 66.6 Å². The molecule has 0 radical (unpaired) electrons. The lowest BCUT2D eigenvalue weighted by molar-refractivity contribution is 0.221. The summed E-state index contributed by atoms with van der Waals surface area (Å²) in [6.45, 7) is 4.59. The fourth-order valence-corrected chi connectivity index (χ4v) is 4.76. The van der Waals surface area contributed by atoms with E-state index in [4.69, 9.17) is 0 Å². The van der Waals surface area contributed by atoms with E-state index in [9.17, 15) is 0 Å². The number of benzene rings is 1. The van der Waals surface area contributed by atoms with Crippen LogP contribution >= 0.6 is 0 Å². The van der Waals surface area contributed by atoms with E-state index in [1.165, 1.54) is 80.9 Å². The Hall–Kier alpha value is -1.30. The van der Waals surface area contributed by atoms with Crippen LogP contribution in [0.3, 0.4) is 0 Å². The maximum atomic E-state index is 2.52. The van der Waals surface area contributed by atoms with Crippen LogP contribution in [0, 0.1) is 17.8 Å². The zero-order valence-electron chi connectivity index (χ0n) is 16.3. The van der Waals surface area contributed by atoms with Crippen molar-refractivity contribution in [3.05, 3.63) is 53.6 Å². The Morgan fingerprint density at radius 3 is 2.28 bits per heavy atom. The Balaban J connectivity index is 1.52. The summed E-state index contributed by atoms with van der Waals surface area (Å²) in [5.74, 6) is 2.74. The first kappa shape index (κ1) is 18.5. The van der Waals surface area contributed by atoms with Crippen LogP contribution in [-0.2, 0) is 6.42 Å². The van der Waals surface area contributed by atoms with Gasteiger partial charge in [0.15, 0.2) is 0 Å². The third kappa shape index (κ3) is 5.09. The molecule has 25 heavy (non-hydrogen) atoms. The van der Waals surface area contributed by atoms with E-state index in [0.29, 0.717) is 0 Å². The van der Waals surface area contributed by atoms with Crippen molar-refractivity contribution < 1.29 is 0 Å². The summed E-state index contributed by atoms with van der Waals surface area (Å²) >= 11 is 0. The molecule has 1 aromatic rings. The maximum Gasteiger partial charge on any atom is -0.0167 e. The van der Waals surface area contributed by atoms with E-state index in [0.717, 1.165) is 17.8 Å². The second-order valence-corrected chi connectivity index (χ2v) is 8.29. The normalized spacial score (nSPS) is 26.5. The fraction of sp³-hybridized carbons (Fsp3) is 0.600. The number of rotatable bonds is 7. The molecule has 0 aromatic heterocycles. The lowest BCUT2D eigenvalue weighted by Gasteiger charge is -2.33. The third-order valence-electron chi connectivity index (χ3n) is 6.43. The predicted octanol–water partition coefficient (Wildman–Crippen LogP) is 7.60. The second-order valence-electron chi connectivity index (χ2n) is 8.29. The standard InChI is InChI=1S/C25H36/c1-3-5-7-21-10-14-23(15-11-21)25-18-16-24(17-19-25)22-12-8-20(6-4-2)9-13-22/h10-11,14-16,18-20,22,24H,3-9,12-13,17H2,1-2H3/t20-,22-,24?. The molecule has 0 bridgehead atoms. The van der Waals surface area contributed by atoms with Crippen molar-refractivity contribution in [2.45, 2.75) is 78.1 Å². The van der Waals surface area contributed by atoms with E-state index in [2.05, 4.69) is 56.3 Å². The Morgan fingerprint density at radius 2 is 1.68 bits per heavy atom. The molecule has 2 aliphatic rings. The van der Waals surface area contributed by atoms with Crippen LogP contribution in [0.15, 0.2) is 42.5 Å². The van der Waals surface area contributed by atoms with Gasteiger partial charge in [0.2, 0.25) is 0 Å². The number of aryl methyl sites for hydroxylation is 1. The van der Waals surface area contributed by atoms with Crippen molar-refractivity contribution in [2.75, 3.05) is 0 Å². The van der Waals surface area contributed by atoms with Crippen molar-refractivity contribution in [1.29, 1.82) is 0 Å². The first-order valence-corrected chi connectivity index (χ1v) is 10.8. The topological polar surface area (TPSA) is 0 Å². The van der Waals surface area contributed by atoms with Gasteiger partial charge in [0.25, 0.3) is 0 Å². The second kappa shape index (κ2) is 9.41. The van der Waals surface area contributed by atoms with Gasteiger partial charge in [-0.15, -0.1) is 0 Å².